The average molecular weight is 234 g/mol. The van der Waals surface area contributed by atoms with Gasteiger partial charge in [-0.2, -0.15) is 0 Å². The fourth-order valence-electron chi connectivity index (χ4n) is 2.26. The van der Waals surface area contributed by atoms with Crippen molar-refractivity contribution in [1.82, 2.24) is 5.32 Å². The number of carboxylic acids is 1. The molecule has 0 aromatic carbocycles. The molecule has 0 radical (unpaired) electrons. The summed E-state index contributed by atoms with van der Waals surface area (Å²) in [5, 5.41) is 12.4. The first-order valence-electron chi connectivity index (χ1n) is 5.70. The minimum absolute atomic E-state index is 0. The highest BCUT2D eigenvalue weighted by molar-refractivity contribution is 5.85. The molecule has 2 aliphatic rings. The Kier molecular flexibility index (Phi) is 4.41. The highest BCUT2D eigenvalue weighted by Gasteiger charge is 2.50. The molecule has 2 rings (SSSR count). The normalized spacial score (nSPS) is 24.3. The Morgan fingerprint density at radius 2 is 1.87 bits per heavy atom. The van der Waals surface area contributed by atoms with Crippen LogP contribution in [0.5, 0.6) is 0 Å². The first kappa shape index (κ1) is 12.8. The Hall–Kier alpha value is -0.280. The summed E-state index contributed by atoms with van der Waals surface area (Å²) in [5.41, 5.74) is -0.391. The minimum Gasteiger partial charge on any atom is -0.481 e. The van der Waals surface area contributed by atoms with Crippen molar-refractivity contribution in [3.8, 4) is 0 Å². The highest BCUT2D eigenvalue weighted by Crippen LogP contribution is 2.45. The van der Waals surface area contributed by atoms with Crippen LogP contribution in [0.1, 0.15) is 44.9 Å². The average Bonchev–Trinajstić information content (AvgIpc) is 2.97. The van der Waals surface area contributed by atoms with Crippen molar-refractivity contribution in [3.63, 3.8) is 0 Å². The Morgan fingerprint density at radius 1 is 1.27 bits per heavy atom. The van der Waals surface area contributed by atoms with Gasteiger partial charge in [-0.15, -0.1) is 12.4 Å². The van der Waals surface area contributed by atoms with Gasteiger partial charge in [-0.1, -0.05) is 19.3 Å². The van der Waals surface area contributed by atoms with Gasteiger partial charge in [0.25, 0.3) is 0 Å². The van der Waals surface area contributed by atoms with E-state index < -0.39 is 11.4 Å². The number of hydrogen-bond donors (Lipinski definition) is 2. The number of aliphatic carboxylic acids is 1. The van der Waals surface area contributed by atoms with Gasteiger partial charge >= 0.3 is 5.97 Å². The van der Waals surface area contributed by atoms with E-state index >= 15 is 0 Å². The van der Waals surface area contributed by atoms with Crippen molar-refractivity contribution >= 4 is 18.4 Å². The predicted molar refractivity (Wildman–Crippen MR) is 61.4 cm³/mol. The fourth-order valence-corrected chi connectivity index (χ4v) is 2.26. The third-order valence-electron chi connectivity index (χ3n) is 3.64. The van der Waals surface area contributed by atoms with Crippen LogP contribution in [0.2, 0.25) is 0 Å². The summed E-state index contributed by atoms with van der Waals surface area (Å²) >= 11 is 0. The van der Waals surface area contributed by atoms with Crippen molar-refractivity contribution in [1.29, 1.82) is 0 Å². The van der Waals surface area contributed by atoms with E-state index in [0.717, 1.165) is 12.8 Å². The maximum absolute atomic E-state index is 10.9. The van der Waals surface area contributed by atoms with Gasteiger partial charge in [0.05, 0.1) is 5.41 Å². The zero-order chi connectivity index (χ0) is 10.0. The van der Waals surface area contributed by atoms with Gasteiger partial charge in [-0.3, -0.25) is 4.79 Å². The van der Waals surface area contributed by atoms with Gasteiger partial charge in [0.2, 0.25) is 0 Å². The Labute approximate surface area is 97.0 Å². The van der Waals surface area contributed by atoms with Crippen LogP contribution in [-0.2, 0) is 4.79 Å². The molecule has 0 bridgehead atoms. The van der Waals surface area contributed by atoms with Crippen molar-refractivity contribution in [2.75, 3.05) is 6.54 Å². The van der Waals surface area contributed by atoms with E-state index in [0.29, 0.717) is 12.6 Å². The lowest BCUT2D eigenvalue weighted by atomic mass is 9.95. The zero-order valence-corrected chi connectivity index (χ0v) is 9.81. The lowest BCUT2D eigenvalue weighted by Gasteiger charge is -2.24. The molecular weight excluding hydrogens is 214 g/mol. The Morgan fingerprint density at radius 3 is 2.33 bits per heavy atom. The lowest BCUT2D eigenvalue weighted by Crippen LogP contribution is -2.38. The van der Waals surface area contributed by atoms with E-state index in [-0.39, 0.29) is 12.4 Å². The second-order valence-corrected chi connectivity index (χ2v) is 4.80. The number of nitrogens with one attached hydrogen (secondary N) is 1. The standard InChI is InChI=1S/C11H19NO2.ClH/c13-10(14)11(6-7-11)8-12-9-4-2-1-3-5-9;/h9,12H,1-8H2,(H,13,14);1H. The van der Waals surface area contributed by atoms with E-state index in [1.165, 1.54) is 32.1 Å². The second-order valence-electron chi connectivity index (χ2n) is 4.80. The van der Waals surface area contributed by atoms with Gasteiger partial charge in [-0.25, -0.2) is 0 Å². The van der Waals surface area contributed by atoms with Crippen molar-refractivity contribution in [3.05, 3.63) is 0 Å². The molecule has 3 nitrogen and oxygen atoms in total. The number of rotatable bonds is 4. The zero-order valence-electron chi connectivity index (χ0n) is 9.00. The monoisotopic (exact) mass is 233 g/mol. The van der Waals surface area contributed by atoms with Gasteiger partial charge in [0.15, 0.2) is 0 Å². The number of carbonyl (C=O) groups is 1. The summed E-state index contributed by atoms with van der Waals surface area (Å²) in [6, 6.07) is 0.584. The smallest absolute Gasteiger partial charge is 0.310 e. The van der Waals surface area contributed by atoms with E-state index in [2.05, 4.69) is 5.32 Å². The molecule has 2 saturated carbocycles. The van der Waals surface area contributed by atoms with Crippen LogP contribution < -0.4 is 5.32 Å². The number of hydrogen-bond acceptors (Lipinski definition) is 2. The molecule has 0 aromatic rings. The second kappa shape index (κ2) is 5.17. The Bertz CT molecular complexity index is 223. The molecule has 4 heteroatoms. The molecule has 0 saturated heterocycles. The first-order valence-corrected chi connectivity index (χ1v) is 5.70. The van der Waals surface area contributed by atoms with Crippen LogP contribution in [-0.4, -0.2) is 23.7 Å². The maximum Gasteiger partial charge on any atom is 0.310 e. The molecule has 2 fully saturated rings. The molecule has 0 unspecified atom stereocenters. The molecule has 0 amide bonds. The van der Waals surface area contributed by atoms with Crippen LogP contribution in [0, 0.1) is 5.41 Å². The molecule has 2 N–H and O–H groups in total. The topological polar surface area (TPSA) is 49.3 Å². The van der Waals surface area contributed by atoms with Crippen LogP contribution in [0.3, 0.4) is 0 Å². The van der Waals surface area contributed by atoms with Crippen LogP contribution >= 0.6 is 12.4 Å². The van der Waals surface area contributed by atoms with Gasteiger partial charge in [-0.05, 0) is 25.7 Å². The summed E-state index contributed by atoms with van der Waals surface area (Å²) in [7, 11) is 0. The van der Waals surface area contributed by atoms with Crippen LogP contribution in [0.4, 0.5) is 0 Å². The molecule has 0 heterocycles. The maximum atomic E-state index is 10.9. The van der Waals surface area contributed by atoms with Gasteiger partial charge in [0.1, 0.15) is 0 Å². The predicted octanol–water partition coefficient (Wildman–Crippen LogP) is 2.20. The highest BCUT2D eigenvalue weighted by atomic mass is 35.5. The van der Waals surface area contributed by atoms with E-state index in [9.17, 15) is 4.79 Å². The summed E-state index contributed by atoms with van der Waals surface area (Å²) in [6.45, 7) is 0.687. The molecule has 15 heavy (non-hydrogen) atoms. The molecule has 0 atom stereocenters. The largest absolute Gasteiger partial charge is 0.481 e. The summed E-state index contributed by atoms with van der Waals surface area (Å²) < 4.78 is 0. The third-order valence-corrected chi connectivity index (χ3v) is 3.64. The van der Waals surface area contributed by atoms with E-state index in [1.54, 1.807) is 0 Å². The fraction of sp³-hybridized carbons (Fsp3) is 0.909. The summed E-state index contributed by atoms with van der Waals surface area (Å²) in [6.07, 6.45) is 8.15. The molecule has 88 valence electrons. The van der Waals surface area contributed by atoms with Crippen LogP contribution in [0.25, 0.3) is 0 Å². The minimum atomic E-state index is -0.610. The van der Waals surface area contributed by atoms with Gasteiger partial charge in [0, 0.05) is 12.6 Å². The summed E-state index contributed by atoms with van der Waals surface area (Å²) in [5.74, 6) is -0.610. The SMILES string of the molecule is Cl.O=C(O)C1(CNC2CCCCC2)CC1. The molecule has 0 spiro atoms. The van der Waals surface area contributed by atoms with Crippen LogP contribution in [0.15, 0.2) is 0 Å². The van der Waals surface area contributed by atoms with Crippen molar-refractivity contribution < 1.29 is 9.90 Å². The third kappa shape index (κ3) is 3.08. The van der Waals surface area contributed by atoms with E-state index in [4.69, 9.17) is 5.11 Å². The van der Waals surface area contributed by atoms with Crippen molar-refractivity contribution in [2.24, 2.45) is 5.41 Å². The molecule has 2 aliphatic carbocycles. The van der Waals surface area contributed by atoms with Crippen molar-refractivity contribution in [2.45, 2.75) is 51.0 Å². The number of carboxylic acid groups (broad SMARTS) is 1. The van der Waals surface area contributed by atoms with E-state index in [1.807, 2.05) is 0 Å². The number of halogens is 1. The summed E-state index contributed by atoms with van der Waals surface area (Å²) in [4.78, 5) is 10.9. The quantitative estimate of drug-likeness (QED) is 0.783. The molecule has 0 aromatic heterocycles. The molecular formula is C11H20ClNO2. The first-order chi connectivity index (χ1) is 6.73. The Balaban J connectivity index is 0.00000112. The lowest BCUT2D eigenvalue weighted by molar-refractivity contribution is -0.143. The molecule has 0 aliphatic heterocycles. The van der Waals surface area contributed by atoms with Gasteiger partial charge < -0.3 is 10.4 Å².